The van der Waals surface area contributed by atoms with Gasteiger partial charge in [-0.3, -0.25) is 14.4 Å². The SMILES string of the molecule is Cc1ccc(C(=O)CCC(=O)O[C@H](C)C(=O)Nc2ccc(C#N)cc2)s1. The second-order valence-electron chi connectivity index (χ2n) is 5.64. The molecule has 1 heterocycles. The van der Waals surface area contributed by atoms with Crippen LogP contribution in [0.25, 0.3) is 0 Å². The van der Waals surface area contributed by atoms with E-state index in [1.165, 1.54) is 18.3 Å². The van der Waals surface area contributed by atoms with Crippen LogP contribution in [0.2, 0.25) is 0 Å². The molecule has 2 rings (SSSR count). The number of carbonyl (C=O) groups is 3. The second-order valence-corrected chi connectivity index (χ2v) is 6.93. The maximum Gasteiger partial charge on any atom is 0.307 e. The van der Waals surface area contributed by atoms with E-state index in [1.54, 1.807) is 30.3 Å². The number of nitriles is 1. The Kier molecular flexibility index (Phi) is 6.64. The Morgan fingerprint density at radius 1 is 1.15 bits per heavy atom. The van der Waals surface area contributed by atoms with Crippen LogP contribution in [0.1, 0.15) is 39.9 Å². The van der Waals surface area contributed by atoms with Gasteiger partial charge < -0.3 is 10.1 Å². The average Bonchev–Trinajstić information content (AvgIpc) is 3.06. The fourth-order valence-electron chi connectivity index (χ4n) is 2.10. The number of Topliss-reactive ketones (excluding diaryl/α,β-unsaturated/α-hetero) is 1. The van der Waals surface area contributed by atoms with Gasteiger partial charge in [0.05, 0.1) is 22.9 Å². The molecule has 0 aliphatic heterocycles. The number of hydrogen-bond donors (Lipinski definition) is 1. The number of thiophene rings is 1. The molecule has 0 unspecified atom stereocenters. The predicted molar refractivity (Wildman–Crippen MR) is 98.0 cm³/mol. The summed E-state index contributed by atoms with van der Waals surface area (Å²) in [5.74, 6) is -1.20. The lowest BCUT2D eigenvalue weighted by Crippen LogP contribution is -2.30. The van der Waals surface area contributed by atoms with E-state index < -0.39 is 18.0 Å². The number of benzene rings is 1. The number of hydrogen-bond acceptors (Lipinski definition) is 6. The number of ketones is 1. The van der Waals surface area contributed by atoms with E-state index in [-0.39, 0.29) is 18.6 Å². The summed E-state index contributed by atoms with van der Waals surface area (Å²) in [7, 11) is 0. The normalized spacial score (nSPS) is 11.3. The molecule has 0 fully saturated rings. The summed E-state index contributed by atoms with van der Waals surface area (Å²) in [5.41, 5.74) is 0.980. The number of nitrogens with one attached hydrogen (secondary N) is 1. The molecule has 1 N–H and O–H groups in total. The molecule has 1 atom stereocenters. The van der Waals surface area contributed by atoms with Crippen molar-refractivity contribution < 1.29 is 19.1 Å². The van der Waals surface area contributed by atoms with Gasteiger partial charge in [-0.1, -0.05) is 0 Å². The summed E-state index contributed by atoms with van der Waals surface area (Å²) in [6.45, 7) is 3.37. The van der Waals surface area contributed by atoms with Crippen molar-refractivity contribution >= 4 is 34.7 Å². The van der Waals surface area contributed by atoms with Crippen molar-refractivity contribution in [1.29, 1.82) is 5.26 Å². The summed E-state index contributed by atoms with van der Waals surface area (Å²) in [6, 6.07) is 11.9. The van der Waals surface area contributed by atoms with Gasteiger partial charge in [0, 0.05) is 17.0 Å². The minimum Gasteiger partial charge on any atom is -0.453 e. The summed E-state index contributed by atoms with van der Waals surface area (Å²) in [5, 5.41) is 11.3. The molecular formula is C19H18N2O4S. The van der Waals surface area contributed by atoms with Crippen molar-refractivity contribution in [2.75, 3.05) is 5.32 Å². The molecule has 1 aromatic heterocycles. The first kappa shape index (κ1) is 19.3. The number of ether oxygens (including phenoxy) is 1. The minimum absolute atomic E-state index is 0.0444. The van der Waals surface area contributed by atoms with Crippen molar-refractivity contribution in [1.82, 2.24) is 0 Å². The molecule has 2 aromatic rings. The third-order valence-corrected chi connectivity index (χ3v) is 4.57. The standard InChI is InChI=1S/C19H18N2O4S/c1-12-3-9-17(26-12)16(22)8-10-18(23)25-13(2)19(24)21-15-6-4-14(11-20)5-7-15/h3-7,9,13H,8,10H2,1-2H3,(H,21,24)/t13-/m1/s1. The highest BCUT2D eigenvalue weighted by Gasteiger charge is 2.19. The van der Waals surface area contributed by atoms with Crippen LogP contribution >= 0.6 is 11.3 Å². The lowest BCUT2D eigenvalue weighted by molar-refractivity contribution is -0.153. The first-order valence-corrected chi connectivity index (χ1v) is 8.81. The number of aryl methyl sites for hydroxylation is 1. The van der Waals surface area contributed by atoms with Gasteiger partial charge in [-0.15, -0.1) is 11.3 Å². The number of nitrogens with zero attached hydrogens (tertiary/aromatic N) is 1. The second kappa shape index (κ2) is 8.92. The van der Waals surface area contributed by atoms with Crippen LogP contribution in [0.4, 0.5) is 5.69 Å². The Morgan fingerprint density at radius 3 is 2.42 bits per heavy atom. The number of amides is 1. The summed E-state index contributed by atoms with van der Waals surface area (Å²) >= 11 is 1.38. The van der Waals surface area contributed by atoms with E-state index in [1.807, 2.05) is 19.1 Å². The zero-order chi connectivity index (χ0) is 19.1. The zero-order valence-electron chi connectivity index (χ0n) is 14.4. The Bertz CT molecular complexity index is 849. The summed E-state index contributed by atoms with van der Waals surface area (Å²) in [4.78, 5) is 37.5. The van der Waals surface area contributed by atoms with Crippen LogP contribution in [0.15, 0.2) is 36.4 Å². The van der Waals surface area contributed by atoms with Crippen LogP contribution in [0.5, 0.6) is 0 Å². The number of anilines is 1. The van der Waals surface area contributed by atoms with Gasteiger partial charge in [0.15, 0.2) is 11.9 Å². The minimum atomic E-state index is -0.989. The third-order valence-electron chi connectivity index (χ3n) is 3.53. The maximum absolute atomic E-state index is 12.0. The zero-order valence-corrected chi connectivity index (χ0v) is 15.3. The molecule has 6 nitrogen and oxygen atoms in total. The van der Waals surface area contributed by atoms with E-state index >= 15 is 0 Å². The van der Waals surface area contributed by atoms with Crippen LogP contribution in [0, 0.1) is 18.3 Å². The fraction of sp³-hybridized carbons (Fsp3) is 0.263. The van der Waals surface area contributed by atoms with Crippen LogP contribution in [-0.4, -0.2) is 23.8 Å². The van der Waals surface area contributed by atoms with E-state index in [0.29, 0.717) is 16.1 Å². The lowest BCUT2D eigenvalue weighted by Gasteiger charge is -2.13. The van der Waals surface area contributed by atoms with Gasteiger partial charge in [0.25, 0.3) is 5.91 Å². The van der Waals surface area contributed by atoms with E-state index in [4.69, 9.17) is 10.00 Å². The Morgan fingerprint density at radius 2 is 1.85 bits per heavy atom. The number of rotatable bonds is 7. The molecule has 26 heavy (non-hydrogen) atoms. The summed E-state index contributed by atoms with van der Waals surface area (Å²) in [6.07, 6.45) is -1.02. The first-order valence-electron chi connectivity index (χ1n) is 7.99. The smallest absolute Gasteiger partial charge is 0.307 e. The number of carbonyl (C=O) groups excluding carboxylic acids is 3. The van der Waals surface area contributed by atoms with Crippen molar-refractivity contribution in [3.8, 4) is 6.07 Å². The van der Waals surface area contributed by atoms with E-state index in [2.05, 4.69) is 5.32 Å². The molecule has 0 aliphatic carbocycles. The quantitative estimate of drug-likeness (QED) is 0.595. The molecule has 0 aliphatic rings. The van der Waals surface area contributed by atoms with Gasteiger partial charge in [-0.2, -0.15) is 5.26 Å². The molecule has 0 radical (unpaired) electrons. The largest absolute Gasteiger partial charge is 0.453 e. The first-order chi connectivity index (χ1) is 12.4. The summed E-state index contributed by atoms with van der Waals surface area (Å²) < 4.78 is 5.07. The molecule has 1 amide bonds. The van der Waals surface area contributed by atoms with E-state index in [0.717, 1.165) is 4.88 Å². The molecule has 1 aromatic carbocycles. The molecule has 0 spiro atoms. The highest BCUT2D eigenvalue weighted by Crippen LogP contribution is 2.18. The van der Waals surface area contributed by atoms with Crippen molar-refractivity contribution in [3.63, 3.8) is 0 Å². The highest BCUT2D eigenvalue weighted by atomic mass is 32.1. The Labute approximate surface area is 155 Å². The predicted octanol–water partition coefficient (Wildman–Crippen LogP) is 3.46. The van der Waals surface area contributed by atoms with Gasteiger partial charge in [-0.05, 0) is 50.2 Å². The molecule has 0 bridgehead atoms. The van der Waals surface area contributed by atoms with Crippen molar-refractivity contribution in [3.05, 3.63) is 51.7 Å². The average molecular weight is 370 g/mol. The molecule has 7 heteroatoms. The van der Waals surface area contributed by atoms with Gasteiger partial charge in [0.2, 0.25) is 0 Å². The van der Waals surface area contributed by atoms with Gasteiger partial charge in [0.1, 0.15) is 0 Å². The van der Waals surface area contributed by atoms with Gasteiger partial charge >= 0.3 is 5.97 Å². The van der Waals surface area contributed by atoms with Crippen molar-refractivity contribution in [2.24, 2.45) is 0 Å². The molecular weight excluding hydrogens is 352 g/mol. The maximum atomic E-state index is 12.0. The fourth-order valence-corrected chi connectivity index (χ4v) is 2.94. The van der Waals surface area contributed by atoms with Crippen LogP contribution in [0.3, 0.4) is 0 Å². The molecule has 0 saturated carbocycles. The Hall–Kier alpha value is -2.98. The third kappa shape index (κ3) is 5.53. The topological polar surface area (TPSA) is 96.3 Å². The molecule has 0 saturated heterocycles. The highest BCUT2D eigenvalue weighted by molar-refractivity contribution is 7.14. The van der Waals surface area contributed by atoms with Crippen molar-refractivity contribution in [2.45, 2.75) is 32.8 Å². The monoisotopic (exact) mass is 370 g/mol. The Balaban J connectivity index is 1.79. The lowest BCUT2D eigenvalue weighted by atomic mass is 10.2. The van der Waals surface area contributed by atoms with Gasteiger partial charge in [-0.25, -0.2) is 0 Å². The van der Waals surface area contributed by atoms with Crippen LogP contribution in [-0.2, 0) is 14.3 Å². The van der Waals surface area contributed by atoms with E-state index in [9.17, 15) is 14.4 Å². The van der Waals surface area contributed by atoms with Crippen LogP contribution < -0.4 is 5.32 Å². The number of esters is 1. The molecule has 134 valence electrons.